The highest BCUT2D eigenvalue weighted by Crippen LogP contribution is 2.22. The first kappa shape index (κ1) is 20.6. The van der Waals surface area contributed by atoms with E-state index in [-0.39, 0.29) is 12.5 Å². The molecule has 27 heavy (non-hydrogen) atoms. The second-order valence-corrected chi connectivity index (χ2v) is 6.49. The van der Waals surface area contributed by atoms with E-state index in [9.17, 15) is 4.79 Å². The first-order chi connectivity index (χ1) is 13.0. The summed E-state index contributed by atoms with van der Waals surface area (Å²) in [5.74, 6) is -0.152. The number of carbonyl (C=O) groups is 1. The predicted octanol–water partition coefficient (Wildman–Crippen LogP) is 4.15. The van der Waals surface area contributed by atoms with Crippen LogP contribution in [0.1, 0.15) is 39.0 Å². The molecule has 0 fully saturated rings. The van der Waals surface area contributed by atoms with Crippen LogP contribution >= 0.6 is 0 Å². The van der Waals surface area contributed by atoms with Crippen LogP contribution < -0.4 is 5.32 Å². The Balaban J connectivity index is 0.00000126. The van der Waals surface area contributed by atoms with Crippen LogP contribution in [0.3, 0.4) is 0 Å². The average Bonchev–Trinajstić information content (AvgIpc) is 3.06. The number of nitrogens with zero attached hydrogens (tertiary/aromatic N) is 2. The Labute approximate surface area is 161 Å². The lowest BCUT2D eigenvalue weighted by Gasteiger charge is -2.22. The topological polar surface area (TPSA) is 56.1 Å². The molecule has 3 rings (SSSR count). The SMILES string of the molecule is CC.CNC(=O)C(C)(C)OCc1nn(Cc2ccccc2)c2ccccc12. The number of fused-ring (bicyclic) bond motifs is 1. The molecule has 0 aliphatic carbocycles. The minimum absolute atomic E-state index is 0.152. The average molecular weight is 367 g/mol. The maximum absolute atomic E-state index is 11.9. The zero-order valence-electron chi connectivity index (χ0n) is 16.8. The Morgan fingerprint density at radius 2 is 1.70 bits per heavy atom. The van der Waals surface area contributed by atoms with Gasteiger partial charge in [0.2, 0.25) is 0 Å². The molecule has 0 spiro atoms. The largest absolute Gasteiger partial charge is 0.359 e. The van der Waals surface area contributed by atoms with Crippen LogP contribution in [0.5, 0.6) is 0 Å². The molecule has 1 aromatic heterocycles. The fourth-order valence-corrected chi connectivity index (χ4v) is 2.80. The standard InChI is InChI=1S/C20H23N3O2.C2H6/c1-20(2,19(24)21-3)25-14-17-16-11-7-8-12-18(16)23(22-17)13-15-9-5-4-6-10-15;1-2/h4-12H,13-14H2,1-3H3,(H,21,24);1-2H3. The van der Waals surface area contributed by atoms with Crippen LogP contribution in [0, 0.1) is 0 Å². The summed E-state index contributed by atoms with van der Waals surface area (Å²) in [6, 6.07) is 18.3. The highest BCUT2D eigenvalue weighted by molar-refractivity contribution is 5.84. The molecule has 5 nitrogen and oxygen atoms in total. The summed E-state index contributed by atoms with van der Waals surface area (Å²) in [6.45, 7) is 8.49. The van der Waals surface area contributed by atoms with Crippen LogP contribution in [0.15, 0.2) is 54.6 Å². The van der Waals surface area contributed by atoms with Gasteiger partial charge in [-0.3, -0.25) is 9.48 Å². The third-order valence-corrected chi connectivity index (χ3v) is 4.25. The Bertz CT molecular complexity index is 870. The van der Waals surface area contributed by atoms with Crippen LogP contribution in [-0.4, -0.2) is 28.3 Å². The molecular weight excluding hydrogens is 338 g/mol. The summed E-state index contributed by atoms with van der Waals surface area (Å²) in [6.07, 6.45) is 0. The zero-order chi connectivity index (χ0) is 19.9. The first-order valence-corrected chi connectivity index (χ1v) is 9.36. The van der Waals surface area contributed by atoms with Crippen molar-refractivity contribution in [2.75, 3.05) is 7.05 Å². The molecular formula is C22H29N3O2. The maximum atomic E-state index is 11.9. The van der Waals surface area contributed by atoms with Gasteiger partial charge in [-0.15, -0.1) is 0 Å². The Hall–Kier alpha value is -2.66. The van der Waals surface area contributed by atoms with Gasteiger partial charge in [-0.2, -0.15) is 5.10 Å². The van der Waals surface area contributed by atoms with Crippen LogP contribution in [-0.2, 0) is 22.7 Å². The summed E-state index contributed by atoms with van der Waals surface area (Å²) < 4.78 is 7.83. The first-order valence-electron chi connectivity index (χ1n) is 9.36. The van der Waals surface area contributed by atoms with Crippen molar-refractivity contribution in [2.24, 2.45) is 0 Å². The van der Waals surface area contributed by atoms with E-state index in [4.69, 9.17) is 9.84 Å². The number of likely N-dealkylation sites (N-methyl/N-ethyl adjacent to an activating group) is 1. The maximum Gasteiger partial charge on any atom is 0.251 e. The lowest BCUT2D eigenvalue weighted by Crippen LogP contribution is -2.42. The lowest BCUT2D eigenvalue weighted by atomic mass is 10.1. The van der Waals surface area contributed by atoms with E-state index in [0.29, 0.717) is 6.54 Å². The van der Waals surface area contributed by atoms with Gasteiger partial charge in [-0.1, -0.05) is 62.4 Å². The van der Waals surface area contributed by atoms with Crippen molar-refractivity contribution in [3.8, 4) is 0 Å². The fourth-order valence-electron chi connectivity index (χ4n) is 2.80. The van der Waals surface area contributed by atoms with Crippen LogP contribution in [0.4, 0.5) is 0 Å². The van der Waals surface area contributed by atoms with E-state index < -0.39 is 5.60 Å². The van der Waals surface area contributed by atoms with Gasteiger partial charge in [0.15, 0.2) is 0 Å². The number of ether oxygens (including phenoxy) is 1. The fraction of sp³-hybridized carbons (Fsp3) is 0.364. The highest BCUT2D eigenvalue weighted by Gasteiger charge is 2.28. The quantitative estimate of drug-likeness (QED) is 0.712. The van der Waals surface area contributed by atoms with Gasteiger partial charge in [0.25, 0.3) is 5.91 Å². The van der Waals surface area contributed by atoms with Crippen molar-refractivity contribution in [1.29, 1.82) is 0 Å². The van der Waals surface area contributed by atoms with Gasteiger partial charge in [0.05, 0.1) is 24.4 Å². The van der Waals surface area contributed by atoms with E-state index in [1.807, 2.05) is 54.9 Å². The molecule has 3 aromatic rings. The monoisotopic (exact) mass is 367 g/mol. The smallest absolute Gasteiger partial charge is 0.251 e. The van der Waals surface area contributed by atoms with Crippen LogP contribution in [0.2, 0.25) is 0 Å². The zero-order valence-corrected chi connectivity index (χ0v) is 16.8. The van der Waals surface area contributed by atoms with Crippen molar-refractivity contribution in [1.82, 2.24) is 15.1 Å². The molecule has 0 atom stereocenters. The number of para-hydroxylation sites is 1. The number of amides is 1. The summed E-state index contributed by atoms with van der Waals surface area (Å²) in [4.78, 5) is 11.9. The minimum Gasteiger partial charge on any atom is -0.359 e. The van der Waals surface area contributed by atoms with E-state index in [2.05, 4.69) is 23.5 Å². The van der Waals surface area contributed by atoms with Gasteiger partial charge >= 0.3 is 0 Å². The molecule has 0 radical (unpaired) electrons. The van der Waals surface area contributed by atoms with E-state index in [0.717, 1.165) is 16.6 Å². The number of hydrogen-bond acceptors (Lipinski definition) is 3. The van der Waals surface area contributed by atoms with E-state index >= 15 is 0 Å². The molecule has 1 amide bonds. The van der Waals surface area contributed by atoms with Crippen molar-refractivity contribution in [3.05, 3.63) is 65.9 Å². The molecule has 5 heteroatoms. The van der Waals surface area contributed by atoms with E-state index in [1.54, 1.807) is 20.9 Å². The number of rotatable bonds is 6. The molecule has 1 heterocycles. The third-order valence-electron chi connectivity index (χ3n) is 4.25. The van der Waals surface area contributed by atoms with Crippen molar-refractivity contribution >= 4 is 16.8 Å². The molecule has 144 valence electrons. The van der Waals surface area contributed by atoms with Crippen LogP contribution in [0.25, 0.3) is 10.9 Å². The molecule has 0 aliphatic heterocycles. The van der Waals surface area contributed by atoms with Gasteiger partial charge in [0, 0.05) is 12.4 Å². The molecule has 0 saturated carbocycles. The van der Waals surface area contributed by atoms with Crippen molar-refractivity contribution in [3.63, 3.8) is 0 Å². The number of aromatic nitrogens is 2. The van der Waals surface area contributed by atoms with Gasteiger partial charge in [0.1, 0.15) is 5.60 Å². The molecule has 0 bridgehead atoms. The molecule has 0 saturated heterocycles. The minimum atomic E-state index is -0.904. The van der Waals surface area contributed by atoms with Gasteiger partial charge in [-0.25, -0.2) is 0 Å². The molecule has 1 N–H and O–H groups in total. The number of carbonyl (C=O) groups excluding carboxylic acids is 1. The second kappa shape index (κ2) is 9.33. The van der Waals surface area contributed by atoms with Gasteiger partial charge < -0.3 is 10.1 Å². The number of benzene rings is 2. The predicted molar refractivity (Wildman–Crippen MR) is 110 cm³/mol. The van der Waals surface area contributed by atoms with E-state index in [1.165, 1.54) is 5.56 Å². The summed E-state index contributed by atoms with van der Waals surface area (Å²) in [5.41, 5.74) is 2.18. The third kappa shape index (κ3) is 4.95. The van der Waals surface area contributed by atoms with Crippen molar-refractivity contribution < 1.29 is 9.53 Å². The highest BCUT2D eigenvalue weighted by atomic mass is 16.5. The summed E-state index contributed by atoms with van der Waals surface area (Å²) >= 11 is 0. The normalized spacial score (nSPS) is 11.0. The lowest BCUT2D eigenvalue weighted by molar-refractivity contribution is -0.143. The Morgan fingerprint density at radius 1 is 1.07 bits per heavy atom. The molecule has 0 unspecified atom stereocenters. The molecule has 0 aliphatic rings. The number of hydrogen-bond donors (Lipinski definition) is 1. The second-order valence-electron chi connectivity index (χ2n) is 6.49. The summed E-state index contributed by atoms with van der Waals surface area (Å²) in [7, 11) is 1.61. The molecule has 2 aromatic carbocycles. The number of nitrogens with one attached hydrogen (secondary N) is 1. The Kier molecular flexibility index (Phi) is 7.13. The van der Waals surface area contributed by atoms with Gasteiger partial charge in [-0.05, 0) is 25.5 Å². The Morgan fingerprint density at radius 3 is 2.37 bits per heavy atom. The van der Waals surface area contributed by atoms with Crippen molar-refractivity contribution in [2.45, 2.75) is 46.4 Å². The summed E-state index contributed by atoms with van der Waals surface area (Å²) in [5, 5.41) is 8.41.